The third-order valence-corrected chi connectivity index (χ3v) is 4.27. The molecule has 0 saturated heterocycles. The molecule has 20 heavy (non-hydrogen) atoms. The van der Waals surface area contributed by atoms with Gasteiger partial charge in [-0.3, -0.25) is 4.79 Å². The molecule has 0 aromatic heterocycles. The van der Waals surface area contributed by atoms with Gasteiger partial charge < -0.3 is 10.2 Å². The predicted molar refractivity (Wildman–Crippen MR) is 86.9 cm³/mol. The molecule has 0 aliphatic carbocycles. The number of carbonyl (C=O) groups is 1. The van der Waals surface area contributed by atoms with Crippen LogP contribution in [0.25, 0.3) is 0 Å². The summed E-state index contributed by atoms with van der Waals surface area (Å²) < 4.78 is 3.86. The maximum absolute atomic E-state index is 8.95. The Morgan fingerprint density at radius 3 is 2.15 bits per heavy atom. The van der Waals surface area contributed by atoms with Gasteiger partial charge in [0, 0.05) is 12.8 Å². The molecule has 0 saturated carbocycles. The summed E-state index contributed by atoms with van der Waals surface area (Å²) in [6.45, 7) is 11.8. The van der Waals surface area contributed by atoms with Crippen LogP contribution in [0.2, 0.25) is 0 Å². The number of carbonyl (C=O) groups excluding carboxylic acids is 1. The number of hydrogen-bond donors (Lipinski definition) is 1. The largest absolute Gasteiger partial charge is 0.471 e. The van der Waals surface area contributed by atoms with Crippen molar-refractivity contribution in [2.45, 2.75) is 66.7 Å². The van der Waals surface area contributed by atoms with Crippen LogP contribution >= 0.6 is 0 Å². The number of methoxy groups -OCH3 is 1. The van der Waals surface area contributed by atoms with Crippen molar-refractivity contribution in [1.29, 1.82) is 0 Å². The highest BCUT2D eigenvalue weighted by atomic mass is 16.5. The number of ether oxygens (including phenoxy) is 1. The molecule has 0 spiro atoms. The third-order valence-electron chi connectivity index (χ3n) is 4.27. The molecule has 0 aliphatic rings. The lowest BCUT2D eigenvalue weighted by atomic mass is 9.77. The lowest BCUT2D eigenvalue weighted by Crippen LogP contribution is -2.19. The zero-order chi connectivity index (χ0) is 16.0. The first-order chi connectivity index (χ1) is 9.44. The quantitative estimate of drug-likeness (QED) is 0.396. The molecule has 0 bridgehead atoms. The Hall–Kier alpha value is -1.06. The lowest BCUT2D eigenvalue weighted by Gasteiger charge is -2.28. The Balaban J connectivity index is 0. The van der Waals surface area contributed by atoms with E-state index in [1.165, 1.54) is 44.9 Å². The number of hydrazone groups is 1. The standard InChI is InChI=1S/C14H30N2.C2H4O2/c1-7-13(12(4)16-15-6)10-11-14(5,8-2)9-3;1-4-2-3/h13,15H,7-11H2,1-6H3;2H,1H3/b16-12+;. The zero-order valence-corrected chi connectivity index (χ0v) is 14.5. The van der Waals surface area contributed by atoms with Crippen LogP contribution in [-0.4, -0.2) is 26.3 Å². The maximum Gasteiger partial charge on any atom is 0.292 e. The third kappa shape index (κ3) is 9.82. The Kier molecular flexibility index (Phi) is 13.8. The molecule has 0 amide bonds. The summed E-state index contributed by atoms with van der Waals surface area (Å²) in [6.07, 6.45) is 6.34. The van der Waals surface area contributed by atoms with Gasteiger partial charge in [-0.15, -0.1) is 0 Å². The monoisotopic (exact) mass is 286 g/mol. The molecular weight excluding hydrogens is 252 g/mol. The lowest BCUT2D eigenvalue weighted by molar-refractivity contribution is -0.126. The minimum atomic E-state index is 0.375. The summed E-state index contributed by atoms with van der Waals surface area (Å²) in [5.74, 6) is 0.643. The van der Waals surface area contributed by atoms with Crippen molar-refractivity contribution in [3.8, 4) is 0 Å². The van der Waals surface area contributed by atoms with E-state index in [0.717, 1.165) is 0 Å². The smallest absolute Gasteiger partial charge is 0.292 e. The fourth-order valence-corrected chi connectivity index (χ4v) is 2.10. The van der Waals surface area contributed by atoms with Crippen molar-refractivity contribution >= 4 is 12.2 Å². The Bertz CT molecular complexity index is 261. The summed E-state index contributed by atoms with van der Waals surface area (Å²) in [6, 6.07) is 0. The van der Waals surface area contributed by atoms with E-state index in [-0.39, 0.29) is 0 Å². The van der Waals surface area contributed by atoms with Crippen LogP contribution in [0, 0.1) is 11.3 Å². The van der Waals surface area contributed by atoms with Crippen molar-refractivity contribution in [2.75, 3.05) is 14.2 Å². The number of hydrogen-bond acceptors (Lipinski definition) is 4. The fraction of sp³-hybridized carbons (Fsp3) is 0.875. The first-order valence-electron chi connectivity index (χ1n) is 7.61. The van der Waals surface area contributed by atoms with Gasteiger partial charge in [0.1, 0.15) is 0 Å². The van der Waals surface area contributed by atoms with Gasteiger partial charge in [0.05, 0.1) is 7.11 Å². The van der Waals surface area contributed by atoms with Crippen LogP contribution in [0.3, 0.4) is 0 Å². The molecule has 0 fully saturated rings. The van der Waals surface area contributed by atoms with Crippen molar-refractivity contribution < 1.29 is 9.53 Å². The molecule has 4 heteroatoms. The number of rotatable bonds is 9. The van der Waals surface area contributed by atoms with Crippen LogP contribution in [0.15, 0.2) is 5.10 Å². The average molecular weight is 286 g/mol. The number of nitrogens with zero attached hydrogens (tertiary/aromatic N) is 1. The molecule has 120 valence electrons. The van der Waals surface area contributed by atoms with Crippen LogP contribution in [-0.2, 0) is 9.53 Å². The highest BCUT2D eigenvalue weighted by molar-refractivity contribution is 5.84. The normalized spacial score (nSPS) is 13.1. The second-order valence-electron chi connectivity index (χ2n) is 5.47. The number of nitrogens with one attached hydrogen (secondary N) is 1. The SMILES string of the molecule is CCC(CCC(C)(CC)CC)/C(C)=N/NC.COC=O. The second-order valence-corrected chi connectivity index (χ2v) is 5.47. The first-order valence-corrected chi connectivity index (χ1v) is 7.61. The van der Waals surface area contributed by atoms with E-state index in [1.54, 1.807) is 0 Å². The fourth-order valence-electron chi connectivity index (χ4n) is 2.10. The molecular formula is C16H34N2O2. The van der Waals surface area contributed by atoms with Crippen LogP contribution in [0.4, 0.5) is 0 Å². The molecule has 0 rings (SSSR count). The molecule has 0 radical (unpaired) electrons. The van der Waals surface area contributed by atoms with E-state index >= 15 is 0 Å². The highest BCUT2D eigenvalue weighted by Crippen LogP contribution is 2.33. The van der Waals surface area contributed by atoms with Gasteiger partial charge in [0.25, 0.3) is 6.47 Å². The molecule has 0 aromatic rings. The molecule has 4 nitrogen and oxygen atoms in total. The topological polar surface area (TPSA) is 50.7 Å². The van der Waals surface area contributed by atoms with E-state index in [4.69, 9.17) is 4.79 Å². The minimum absolute atomic E-state index is 0.375. The second kappa shape index (κ2) is 12.9. The summed E-state index contributed by atoms with van der Waals surface area (Å²) in [7, 11) is 3.19. The van der Waals surface area contributed by atoms with Crippen LogP contribution in [0.1, 0.15) is 66.7 Å². The molecule has 1 atom stereocenters. The predicted octanol–water partition coefficient (Wildman–Crippen LogP) is 4.00. The van der Waals surface area contributed by atoms with E-state index in [0.29, 0.717) is 17.8 Å². The Morgan fingerprint density at radius 1 is 1.35 bits per heavy atom. The van der Waals surface area contributed by atoms with Gasteiger partial charge in [-0.1, -0.05) is 40.5 Å². The van der Waals surface area contributed by atoms with Gasteiger partial charge in [0.2, 0.25) is 0 Å². The molecule has 0 heterocycles. The van der Waals surface area contributed by atoms with Crippen LogP contribution in [0.5, 0.6) is 0 Å². The zero-order valence-electron chi connectivity index (χ0n) is 14.5. The van der Waals surface area contributed by atoms with E-state index < -0.39 is 0 Å². The summed E-state index contributed by atoms with van der Waals surface area (Å²) >= 11 is 0. The van der Waals surface area contributed by atoms with Gasteiger partial charge >= 0.3 is 0 Å². The summed E-state index contributed by atoms with van der Waals surface area (Å²) in [5.41, 5.74) is 4.67. The van der Waals surface area contributed by atoms with E-state index in [9.17, 15) is 0 Å². The van der Waals surface area contributed by atoms with Gasteiger partial charge in [0.15, 0.2) is 0 Å². The highest BCUT2D eigenvalue weighted by Gasteiger charge is 2.21. The van der Waals surface area contributed by atoms with E-state index in [1.807, 2.05) is 7.05 Å². The Labute approximate surface area is 125 Å². The molecule has 0 aliphatic heterocycles. The van der Waals surface area contributed by atoms with E-state index in [2.05, 4.69) is 49.9 Å². The summed E-state index contributed by atoms with van der Waals surface area (Å²) in [4.78, 5) is 8.95. The molecule has 1 N–H and O–H groups in total. The molecule has 0 aromatic carbocycles. The summed E-state index contributed by atoms with van der Waals surface area (Å²) in [5, 5.41) is 4.31. The van der Waals surface area contributed by atoms with Crippen molar-refractivity contribution in [3.05, 3.63) is 0 Å². The van der Waals surface area contributed by atoms with Gasteiger partial charge in [-0.05, 0) is 37.5 Å². The van der Waals surface area contributed by atoms with Gasteiger partial charge in [-0.2, -0.15) is 5.10 Å². The average Bonchev–Trinajstić information content (AvgIpc) is 2.48. The van der Waals surface area contributed by atoms with Crippen molar-refractivity contribution in [1.82, 2.24) is 5.43 Å². The van der Waals surface area contributed by atoms with Crippen LogP contribution < -0.4 is 5.43 Å². The Morgan fingerprint density at radius 2 is 1.85 bits per heavy atom. The molecule has 1 unspecified atom stereocenters. The minimum Gasteiger partial charge on any atom is -0.471 e. The maximum atomic E-state index is 8.95. The van der Waals surface area contributed by atoms with Crippen molar-refractivity contribution in [3.63, 3.8) is 0 Å². The van der Waals surface area contributed by atoms with Crippen molar-refractivity contribution in [2.24, 2.45) is 16.4 Å². The first kappa shape index (κ1) is 21.2. The van der Waals surface area contributed by atoms with Gasteiger partial charge in [-0.25, -0.2) is 0 Å².